The van der Waals surface area contributed by atoms with E-state index in [1.165, 1.54) is 25.1 Å². The lowest BCUT2D eigenvalue weighted by molar-refractivity contribution is -0.152. The first-order valence-electron chi connectivity index (χ1n) is 7.26. The lowest BCUT2D eigenvalue weighted by Gasteiger charge is -2.14. The normalized spacial score (nSPS) is 11.6. The highest BCUT2D eigenvalue weighted by atomic mass is 19.1. The Morgan fingerprint density at radius 2 is 1.91 bits per heavy atom. The molecule has 0 bridgehead atoms. The van der Waals surface area contributed by atoms with Crippen LogP contribution in [0.2, 0.25) is 0 Å². The van der Waals surface area contributed by atoms with E-state index in [0.29, 0.717) is 5.69 Å². The predicted octanol–water partition coefficient (Wildman–Crippen LogP) is 3.25. The molecular formula is C18H18FNO3. The Morgan fingerprint density at radius 1 is 1.17 bits per heavy atom. The van der Waals surface area contributed by atoms with Crippen LogP contribution in [0.25, 0.3) is 0 Å². The van der Waals surface area contributed by atoms with E-state index in [2.05, 4.69) is 5.32 Å². The van der Waals surface area contributed by atoms with Crippen LogP contribution in [0.1, 0.15) is 18.1 Å². The first-order chi connectivity index (χ1) is 11.0. The van der Waals surface area contributed by atoms with Crippen molar-refractivity contribution in [2.45, 2.75) is 26.4 Å². The Bertz CT molecular complexity index is 715. The number of esters is 1. The second-order valence-corrected chi connectivity index (χ2v) is 5.23. The minimum atomic E-state index is -0.963. The van der Waals surface area contributed by atoms with E-state index < -0.39 is 23.8 Å². The van der Waals surface area contributed by atoms with Gasteiger partial charge in [-0.25, -0.2) is 4.39 Å². The van der Waals surface area contributed by atoms with Crippen molar-refractivity contribution in [3.63, 3.8) is 0 Å². The van der Waals surface area contributed by atoms with Crippen molar-refractivity contribution in [1.29, 1.82) is 0 Å². The van der Waals surface area contributed by atoms with Gasteiger partial charge in [0.1, 0.15) is 5.82 Å². The van der Waals surface area contributed by atoms with Crippen LogP contribution in [-0.4, -0.2) is 18.0 Å². The number of benzene rings is 2. The van der Waals surface area contributed by atoms with Crippen LogP contribution in [0.4, 0.5) is 10.1 Å². The van der Waals surface area contributed by atoms with E-state index in [-0.39, 0.29) is 6.42 Å². The van der Waals surface area contributed by atoms with Crippen LogP contribution in [0.15, 0.2) is 48.5 Å². The number of hydrogen-bond acceptors (Lipinski definition) is 3. The van der Waals surface area contributed by atoms with Crippen LogP contribution in [0.3, 0.4) is 0 Å². The second kappa shape index (κ2) is 7.54. The molecule has 2 aromatic rings. The summed E-state index contributed by atoms with van der Waals surface area (Å²) in [5.74, 6) is -1.44. The number of carbonyl (C=O) groups is 2. The van der Waals surface area contributed by atoms with Crippen molar-refractivity contribution >= 4 is 17.6 Å². The van der Waals surface area contributed by atoms with Crippen molar-refractivity contribution in [2.24, 2.45) is 0 Å². The fourth-order valence-electron chi connectivity index (χ4n) is 2.07. The van der Waals surface area contributed by atoms with Crippen LogP contribution >= 0.6 is 0 Å². The number of anilines is 1. The van der Waals surface area contributed by atoms with Gasteiger partial charge in [0.2, 0.25) is 0 Å². The monoisotopic (exact) mass is 315 g/mol. The topological polar surface area (TPSA) is 55.4 Å². The summed E-state index contributed by atoms with van der Waals surface area (Å²) in [6.07, 6.45) is -0.862. The molecule has 0 radical (unpaired) electrons. The van der Waals surface area contributed by atoms with Gasteiger partial charge in [-0.2, -0.15) is 0 Å². The predicted molar refractivity (Wildman–Crippen MR) is 85.5 cm³/mol. The van der Waals surface area contributed by atoms with Crippen LogP contribution in [0, 0.1) is 12.7 Å². The van der Waals surface area contributed by atoms with Crippen molar-refractivity contribution in [3.05, 3.63) is 65.5 Å². The summed E-state index contributed by atoms with van der Waals surface area (Å²) in [5.41, 5.74) is 2.16. The maximum Gasteiger partial charge on any atom is 0.311 e. The molecule has 1 N–H and O–H groups in total. The summed E-state index contributed by atoms with van der Waals surface area (Å²) >= 11 is 0. The zero-order valence-corrected chi connectivity index (χ0v) is 13.0. The minimum absolute atomic E-state index is 0.101. The Balaban J connectivity index is 1.90. The fourth-order valence-corrected chi connectivity index (χ4v) is 2.07. The molecule has 23 heavy (non-hydrogen) atoms. The molecule has 1 atom stereocenters. The Hall–Kier alpha value is -2.69. The van der Waals surface area contributed by atoms with Crippen molar-refractivity contribution in [3.8, 4) is 0 Å². The first-order valence-corrected chi connectivity index (χ1v) is 7.26. The molecule has 0 fully saturated rings. The molecule has 0 spiro atoms. The molecule has 0 aliphatic heterocycles. The maximum atomic E-state index is 13.1. The number of carbonyl (C=O) groups excluding carboxylic acids is 2. The zero-order valence-electron chi connectivity index (χ0n) is 13.0. The lowest BCUT2D eigenvalue weighted by Crippen LogP contribution is -2.30. The van der Waals surface area contributed by atoms with Crippen LogP contribution in [0.5, 0.6) is 0 Å². The van der Waals surface area contributed by atoms with Gasteiger partial charge in [0.15, 0.2) is 6.10 Å². The molecule has 4 nitrogen and oxygen atoms in total. The molecule has 1 amide bonds. The molecule has 0 heterocycles. The molecule has 0 aliphatic rings. The van der Waals surface area contributed by atoms with Gasteiger partial charge < -0.3 is 10.1 Å². The fraction of sp³-hybridized carbons (Fsp3) is 0.222. The molecule has 0 aromatic heterocycles. The van der Waals surface area contributed by atoms with E-state index in [4.69, 9.17) is 4.74 Å². The molecule has 120 valence electrons. The van der Waals surface area contributed by atoms with Gasteiger partial charge >= 0.3 is 5.97 Å². The number of aryl methyl sites for hydroxylation is 1. The highest BCUT2D eigenvalue weighted by Gasteiger charge is 2.18. The van der Waals surface area contributed by atoms with E-state index in [1.807, 2.05) is 31.2 Å². The van der Waals surface area contributed by atoms with Crippen molar-refractivity contribution in [2.75, 3.05) is 5.32 Å². The van der Waals surface area contributed by atoms with Gasteiger partial charge in [0.05, 0.1) is 6.42 Å². The third kappa shape index (κ3) is 4.92. The molecule has 2 rings (SSSR count). The number of rotatable bonds is 5. The second-order valence-electron chi connectivity index (χ2n) is 5.23. The maximum absolute atomic E-state index is 13.1. The van der Waals surface area contributed by atoms with Crippen molar-refractivity contribution < 1.29 is 18.7 Å². The number of halogens is 1. The third-order valence-corrected chi connectivity index (χ3v) is 3.37. The quantitative estimate of drug-likeness (QED) is 0.862. The number of nitrogens with one attached hydrogen (secondary N) is 1. The minimum Gasteiger partial charge on any atom is -0.452 e. The van der Waals surface area contributed by atoms with Crippen molar-refractivity contribution in [1.82, 2.24) is 0 Å². The Kier molecular flexibility index (Phi) is 5.46. The van der Waals surface area contributed by atoms with E-state index in [0.717, 1.165) is 11.1 Å². The average Bonchev–Trinajstić information content (AvgIpc) is 2.49. The molecule has 1 unspecified atom stereocenters. The van der Waals surface area contributed by atoms with Gasteiger partial charge in [-0.1, -0.05) is 30.3 Å². The van der Waals surface area contributed by atoms with E-state index >= 15 is 0 Å². The highest BCUT2D eigenvalue weighted by Crippen LogP contribution is 2.12. The van der Waals surface area contributed by atoms with Gasteiger partial charge in [-0.05, 0) is 43.2 Å². The van der Waals surface area contributed by atoms with Crippen LogP contribution < -0.4 is 5.32 Å². The number of amides is 1. The zero-order chi connectivity index (χ0) is 16.8. The largest absolute Gasteiger partial charge is 0.452 e. The summed E-state index contributed by atoms with van der Waals surface area (Å²) in [4.78, 5) is 23.9. The Morgan fingerprint density at radius 3 is 2.61 bits per heavy atom. The summed E-state index contributed by atoms with van der Waals surface area (Å²) in [5, 5.41) is 2.51. The number of ether oxygens (including phenoxy) is 1. The molecule has 0 saturated heterocycles. The summed E-state index contributed by atoms with van der Waals surface area (Å²) in [6.45, 7) is 3.38. The smallest absolute Gasteiger partial charge is 0.311 e. The van der Waals surface area contributed by atoms with Crippen LogP contribution in [-0.2, 0) is 20.7 Å². The van der Waals surface area contributed by atoms with Gasteiger partial charge in [-0.15, -0.1) is 0 Å². The molecular weight excluding hydrogens is 297 g/mol. The standard InChI is InChI=1S/C18H18FNO3/c1-12-6-3-4-7-14(12)10-17(21)23-13(2)18(22)20-16-9-5-8-15(19)11-16/h3-9,11,13H,10H2,1-2H3,(H,20,22). The molecule has 0 saturated carbocycles. The lowest BCUT2D eigenvalue weighted by atomic mass is 10.1. The highest BCUT2D eigenvalue weighted by molar-refractivity contribution is 5.95. The molecule has 0 aliphatic carbocycles. The first kappa shape index (κ1) is 16.7. The van der Waals surface area contributed by atoms with Gasteiger partial charge in [-0.3, -0.25) is 9.59 Å². The average molecular weight is 315 g/mol. The molecule has 2 aromatic carbocycles. The van der Waals surface area contributed by atoms with Gasteiger partial charge in [0.25, 0.3) is 5.91 Å². The number of hydrogen-bond donors (Lipinski definition) is 1. The summed E-state index contributed by atoms with van der Waals surface area (Å²) in [6, 6.07) is 13.0. The third-order valence-electron chi connectivity index (χ3n) is 3.37. The van der Waals surface area contributed by atoms with E-state index in [9.17, 15) is 14.0 Å². The summed E-state index contributed by atoms with van der Waals surface area (Å²) < 4.78 is 18.2. The van der Waals surface area contributed by atoms with Gasteiger partial charge in [0, 0.05) is 5.69 Å². The van der Waals surface area contributed by atoms with E-state index in [1.54, 1.807) is 6.07 Å². The molecule has 5 heteroatoms. The Labute approximate surface area is 134 Å². The summed E-state index contributed by atoms with van der Waals surface area (Å²) in [7, 11) is 0. The SMILES string of the molecule is Cc1ccccc1CC(=O)OC(C)C(=O)Nc1cccc(F)c1.